The lowest BCUT2D eigenvalue weighted by atomic mass is 10.2. The quantitative estimate of drug-likeness (QED) is 0.629. The topological polar surface area (TPSA) is 16.1 Å². The molecule has 2 nitrogen and oxygen atoms in total. The van der Waals surface area contributed by atoms with Gasteiger partial charge in [-0.2, -0.15) is 0 Å². The van der Waals surface area contributed by atoms with Crippen LogP contribution in [0.25, 0.3) is 10.1 Å². The zero-order chi connectivity index (χ0) is 13.2. The molecular formula is C15H14Cl2N2S. The third-order valence-corrected chi connectivity index (χ3v) is 4.27. The summed E-state index contributed by atoms with van der Waals surface area (Å²) in [6.07, 6.45) is 3.65. The molecule has 0 saturated heterocycles. The van der Waals surface area contributed by atoms with Crippen LogP contribution >= 0.6 is 35.3 Å². The maximum atomic E-state index is 6.04. The number of pyridine rings is 1. The molecule has 0 bridgehead atoms. The molecule has 0 aliphatic heterocycles. The summed E-state index contributed by atoms with van der Waals surface area (Å²) in [6, 6.07) is 10.1. The zero-order valence-electron chi connectivity index (χ0n) is 10.9. The average molecular weight is 325 g/mol. The van der Waals surface area contributed by atoms with Gasteiger partial charge in [-0.25, -0.2) is 0 Å². The molecule has 0 saturated carbocycles. The second-order valence-electron chi connectivity index (χ2n) is 4.21. The van der Waals surface area contributed by atoms with Crippen molar-refractivity contribution in [3.05, 3.63) is 53.1 Å². The summed E-state index contributed by atoms with van der Waals surface area (Å²) < 4.78 is 1.22. The third-order valence-electron chi connectivity index (χ3n) is 3.10. The Labute approximate surface area is 133 Å². The van der Waals surface area contributed by atoms with Crippen LogP contribution in [0.5, 0.6) is 0 Å². The summed E-state index contributed by atoms with van der Waals surface area (Å²) in [5.74, 6) is 0. The van der Waals surface area contributed by atoms with Crippen molar-refractivity contribution in [2.45, 2.75) is 6.92 Å². The predicted octanol–water partition coefficient (Wildman–Crippen LogP) is 5.53. The summed E-state index contributed by atoms with van der Waals surface area (Å²) in [5, 5.41) is 4.21. The fourth-order valence-electron chi connectivity index (χ4n) is 2.21. The van der Waals surface area contributed by atoms with Gasteiger partial charge in [-0.05, 0) is 37.3 Å². The normalized spacial score (nSPS) is 10.3. The molecule has 104 valence electrons. The van der Waals surface area contributed by atoms with Gasteiger partial charge in [0.2, 0.25) is 0 Å². The predicted molar refractivity (Wildman–Crippen MR) is 91.0 cm³/mol. The molecule has 0 amide bonds. The lowest BCUT2D eigenvalue weighted by Crippen LogP contribution is -2.15. The first-order valence-electron chi connectivity index (χ1n) is 6.14. The van der Waals surface area contributed by atoms with Crippen LogP contribution in [0.1, 0.15) is 6.92 Å². The van der Waals surface area contributed by atoms with E-state index < -0.39 is 0 Å². The van der Waals surface area contributed by atoms with Crippen LogP contribution in [0.2, 0.25) is 5.02 Å². The van der Waals surface area contributed by atoms with E-state index in [-0.39, 0.29) is 12.4 Å². The highest BCUT2D eigenvalue weighted by Gasteiger charge is 2.12. The molecule has 3 rings (SSSR count). The molecule has 0 atom stereocenters. The molecule has 1 aromatic carbocycles. The minimum absolute atomic E-state index is 0. The van der Waals surface area contributed by atoms with Gasteiger partial charge in [-0.15, -0.1) is 23.7 Å². The number of benzene rings is 1. The highest BCUT2D eigenvalue weighted by atomic mass is 35.5. The van der Waals surface area contributed by atoms with Gasteiger partial charge in [0.05, 0.1) is 5.69 Å². The monoisotopic (exact) mass is 324 g/mol. The molecule has 0 fully saturated rings. The van der Waals surface area contributed by atoms with Crippen molar-refractivity contribution >= 4 is 56.8 Å². The van der Waals surface area contributed by atoms with E-state index in [1.807, 2.05) is 36.7 Å². The van der Waals surface area contributed by atoms with Crippen molar-refractivity contribution < 1.29 is 0 Å². The van der Waals surface area contributed by atoms with E-state index in [9.17, 15) is 0 Å². The lowest BCUT2D eigenvalue weighted by molar-refractivity contribution is 1.03. The first kappa shape index (κ1) is 15.1. The molecule has 3 aromatic rings. The molecule has 0 aliphatic rings. The van der Waals surface area contributed by atoms with E-state index in [1.54, 1.807) is 11.3 Å². The SMILES string of the molecule is CCN(c1ccncc1)c1csc2cc(Cl)ccc12.Cl. The number of hydrogen-bond donors (Lipinski definition) is 0. The van der Waals surface area contributed by atoms with Gasteiger partial charge >= 0.3 is 0 Å². The van der Waals surface area contributed by atoms with Gasteiger partial charge in [0.1, 0.15) is 0 Å². The van der Waals surface area contributed by atoms with Crippen LogP contribution in [0.3, 0.4) is 0 Å². The molecule has 0 N–H and O–H groups in total. The number of hydrogen-bond acceptors (Lipinski definition) is 3. The second-order valence-corrected chi connectivity index (χ2v) is 5.56. The van der Waals surface area contributed by atoms with Crippen molar-refractivity contribution in [2.24, 2.45) is 0 Å². The van der Waals surface area contributed by atoms with Crippen molar-refractivity contribution in [2.75, 3.05) is 11.4 Å². The highest BCUT2D eigenvalue weighted by Crippen LogP contribution is 2.37. The van der Waals surface area contributed by atoms with Crippen LogP contribution in [-0.2, 0) is 0 Å². The van der Waals surface area contributed by atoms with E-state index in [4.69, 9.17) is 11.6 Å². The molecule has 2 heterocycles. The van der Waals surface area contributed by atoms with Crippen LogP contribution in [0.15, 0.2) is 48.1 Å². The maximum absolute atomic E-state index is 6.04. The highest BCUT2D eigenvalue weighted by molar-refractivity contribution is 7.17. The van der Waals surface area contributed by atoms with Crippen molar-refractivity contribution in [3.8, 4) is 0 Å². The summed E-state index contributed by atoms with van der Waals surface area (Å²) in [7, 11) is 0. The van der Waals surface area contributed by atoms with E-state index in [0.29, 0.717) is 0 Å². The smallest absolute Gasteiger partial charge is 0.0599 e. The van der Waals surface area contributed by atoms with E-state index in [2.05, 4.69) is 28.3 Å². The first-order valence-corrected chi connectivity index (χ1v) is 7.39. The first-order chi connectivity index (χ1) is 9.29. The van der Waals surface area contributed by atoms with Gasteiger partial charge < -0.3 is 4.90 Å². The molecule has 5 heteroatoms. The molecule has 0 radical (unpaired) electrons. The van der Waals surface area contributed by atoms with Crippen molar-refractivity contribution in [1.82, 2.24) is 4.98 Å². The lowest BCUT2D eigenvalue weighted by Gasteiger charge is -2.22. The Morgan fingerprint density at radius 1 is 1.20 bits per heavy atom. The number of anilines is 2. The molecule has 0 aliphatic carbocycles. The van der Waals surface area contributed by atoms with Crippen molar-refractivity contribution in [3.63, 3.8) is 0 Å². The van der Waals surface area contributed by atoms with E-state index in [0.717, 1.165) is 17.3 Å². The Hall–Kier alpha value is -1.29. The van der Waals surface area contributed by atoms with Gasteiger partial charge in [0.25, 0.3) is 0 Å². The molecule has 0 spiro atoms. The zero-order valence-corrected chi connectivity index (χ0v) is 13.3. The molecule has 0 unspecified atom stereocenters. The Kier molecular flexibility index (Phi) is 4.86. The maximum Gasteiger partial charge on any atom is 0.0599 e. The number of nitrogens with zero attached hydrogens (tertiary/aromatic N) is 2. The second kappa shape index (κ2) is 6.44. The summed E-state index contributed by atoms with van der Waals surface area (Å²) in [6.45, 7) is 3.07. The Balaban J connectivity index is 0.00000147. The third kappa shape index (κ3) is 2.75. The molecule has 20 heavy (non-hydrogen) atoms. The van der Waals surface area contributed by atoms with Gasteiger partial charge in [0, 0.05) is 45.1 Å². The standard InChI is InChI=1S/C15H13ClN2S.ClH/c1-2-18(12-5-7-17-8-6-12)14-10-19-15-9-11(16)3-4-13(14)15;/h3-10H,2H2,1H3;1H. The molecular weight excluding hydrogens is 311 g/mol. The van der Waals surface area contributed by atoms with E-state index >= 15 is 0 Å². The van der Waals surface area contributed by atoms with Gasteiger partial charge in [0.15, 0.2) is 0 Å². The van der Waals surface area contributed by atoms with E-state index in [1.165, 1.54) is 15.8 Å². The summed E-state index contributed by atoms with van der Waals surface area (Å²) >= 11 is 7.77. The average Bonchev–Trinajstić information content (AvgIpc) is 2.84. The number of halogens is 2. The van der Waals surface area contributed by atoms with Crippen LogP contribution in [0.4, 0.5) is 11.4 Å². The minimum atomic E-state index is 0. The van der Waals surface area contributed by atoms with Gasteiger partial charge in [-0.3, -0.25) is 4.98 Å². The Morgan fingerprint density at radius 3 is 2.65 bits per heavy atom. The minimum Gasteiger partial charge on any atom is -0.340 e. The van der Waals surface area contributed by atoms with Crippen LogP contribution in [0, 0.1) is 0 Å². The number of rotatable bonds is 3. The molecule has 2 aromatic heterocycles. The Morgan fingerprint density at radius 2 is 1.95 bits per heavy atom. The Bertz CT molecular complexity index is 697. The summed E-state index contributed by atoms with van der Waals surface area (Å²) in [4.78, 5) is 6.36. The van der Waals surface area contributed by atoms with Gasteiger partial charge in [-0.1, -0.05) is 11.6 Å². The fraction of sp³-hybridized carbons (Fsp3) is 0.133. The van der Waals surface area contributed by atoms with Crippen molar-refractivity contribution in [1.29, 1.82) is 0 Å². The number of aromatic nitrogens is 1. The number of thiophene rings is 1. The van der Waals surface area contributed by atoms with Crippen LogP contribution < -0.4 is 4.90 Å². The number of fused-ring (bicyclic) bond motifs is 1. The van der Waals surface area contributed by atoms with Crippen LogP contribution in [-0.4, -0.2) is 11.5 Å². The largest absolute Gasteiger partial charge is 0.340 e. The fourth-order valence-corrected chi connectivity index (χ4v) is 3.44. The summed E-state index contributed by atoms with van der Waals surface area (Å²) in [5.41, 5.74) is 2.39.